The molecule has 5 heteroatoms. The smallest absolute Gasteiger partial charge is 0.167 e. The highest BCUT2D eigenvalue weighted by molar-refractivity contribution is 5.43. The lowest BCUT2D eigenvalue weighted by Crippen LogP contribution is -1.95. The maximum absolute atomic E-state index is 13.5. The first-order chi connectivity index (χ1) is 8.19. The standard InChI is InChI=1S/C12H14FN3O/c1-2-5-16-8-10(7-15-16)17-12-4-3-9(14)6-11(12)13/h3-4,6-8H,2,5,14H2,1H3. The topological polar surface area (TPSA) is 53.1 Å². The van der Waals surface area contributed by atoms with E-state index < -0.39 is 5.82 Å². The van der Waals surface area contributed by atoms with Crippen LogP contribution in [-0.4, -0.2) is 9.78 Å². The summed E-state index contributed by atoms with van der Waals surface area (Å²) in [7, 11) is 0. The number of aromatic nitrogens is 2. The molecule has 2 aromatic rings. The van der Waals surface area contributed by atoms with Crippen molar-refractivity contribution in [2.75, 3.05) is 5.73 Å². The summed E-state index contributed by atoms with van der Waals surface area (Å²) in [5.74, 6) is 0.186. The van der Waals surface area contributed by atoms with Gasteiger partial charge in [0.25, 0.3) is 0 Å². The number of nitrogens with two attached hydrogens (primary N) is 1. The van der Waals surface area contributed by atoms with Crippen LogP contribution < -0.4 is 10.5 Å². The fourth-order valence-corrected chi connectivity index (χ4v) is 1.48. The summed E-state index contributed by atoms with van der Waals surface area (Å²) in [5.41, 5.74) is 5.82. The van der Waals surface area contributed by atoms with Crippen molar-refractivity contribution in [1.29, 1.82) is 0 Å². The summed E-state index contributed by atoms with van der Waals surface area (Å²) in [6.45, 7) is 2.87. The summed E-state index contributed by atoms with van der Waals surface area (Å²) in [6, 6.07) is 4.32. The van der Waals surface area contributed by atoms with Gasteiger partial charge in [0, 0.05) is 18.3 Å². The van der Waals surface area contributed by atoms with Gasteiger partial charge in [-0.05, 0) is 18.6 Å². The molecule has 17 heavy (non-hydrogen) atoms. The number of aryl methyl sites for hydroxylation is 1. The number of anilines is 1. The number of benzene rings is 1. The Bertz CT molecular complexity index is 510. The van der Waals surface area contributed by atoms with E-state index in [0.29, 0.717) is 11.4 Å². The largest absolute Gasteiger partial charge is 0.451 e. The third-order valence-electron chi connectivity index (χ3n) is 2.25. The fraction of sp³-hybridized carbons (Fsp3) is 0.250. The zero-order valence-corrected chi connectivity index (χ0v) is 9.56. The molecule has 0 spiro atoms. The van der Waals surface area contributed by atoms with Crippen LogP contribution in [0.3, 0.4) is 0 Å². The zero-order valence-electron chi connectivity index (χ0n) is 9.56. The van der Waals surface area contributed by atoms with Gasteiger partial charge in [0.1, 0.15) is 0 Å². The van der Waals surface area contributed by atoms with E-state index in [-0.39, 0.29) is 5.75 Å². The average Bonchev–Trinajstić information content (AvgIpc) is 2.71. The maximum atomic E-state index is 13.5. The summed E-state index contributed by atoms with van der Waals surface area (Å²) in [4.78, 5) is 0. The molecule has 0 radical (unpaired) electrons. The van der Waals surface area contributed by atoms with Crippen molar-refractivity contribution >= 4 is 5.69 Å². The van der Waals surface area contributed by atoms with Crippen LogP contribution in [0, 0.1) is 5.82 Å². The molecule has 4 nitrogen and oxygen atoms in total. The quantitative estimate of drug-likeness (QED) is 0.829. The van der Waals surface area contributed by atoms with E-state index in [1.165, 1.54) is 12.1 Å². The second-order valence-corrected chi connectivity index (χ2v) is 3.73. The van der Waals surface area contributed by atoms with Crippen LogP contribution in [-0.2, 0) is 6.54 Å². The van der Waals surface area contributed by atoms with Crippen LogP contribution in [0.5, 0.6) is 11.5 Å². The van der Waals surface area contributed by atoms with Crippen molar-refractivity contribution < 1.29 is 9.13 Å². The zero-order chi connectivity index (χ0) is 12.3. The Hall–Kier alpha value is -2.04. The molecule has 90 valence electrons. The first-order valence-electron chi connectivity index (χ1n) is 5.44. The molecule has 0 fully saturated rings. The van der Waals surface area contributed by atoms with Gasteiger partial charge in [-0.2, -0.15) is 5.10 Å². The summed E-state index contributed by atoms with van der Waals surface area (Å²) in [5, 5.41) is 4.09. The van der Waals surface area contributed by atoms with Crippen LogP contribution in [0.2, 0.25) is 0 Å². The number of halogens is 1. The van der Waals surface area contributed by atoms with Crippen LogP contribution in [0.1, 0.15) is 13.3 Å². The lowest BCUT2D eigenvalue weighted by molar-refractivity contribution is 0.441. The lowest BCUT2D eigenvalue weighted by atomic mass is 10.3. The van der Waals surface area contributed by atoms with Crippen LogP contribution in [0.25, 0.3) is 0 Å². The van der Waals surface area contributed by atoms with Gasteiger partial charge >= 0.3 is 0 Å². The number of ether oxygens (including phenoxy) is 1. The van der Waals surface area contributed by atoms with E-state index in [4.69, 9.17) is 10.5 Å². The van der Waals surface area contributed by atoms with E-state index in [1.807, 2.05) is 0 Å². The highest BCUT2D eigenvalue weighted by atomic mass is 19.1. The highest BCUT2D eigenvalue weighted by Crippen LogP contribution is 2.25. The Morgan fingerprint density at radius 3 is 3.00 bits per heavy atom. The number of nitrogens with zero attached hydrogens (tertiary/aromatic N) is 2. The van der Waals surface area contributed by atoms with Crippen LogP contribution in [0.15, 0.2) is 30.6 Å². The SMILES string of the molecule is CCCn1cc(Oc2ccc(N)cc2F)cn1. The molecule has 0 atom stereocenters. The normalized spacial score (nSPS) is 10.5. The van der Waals surface area contributed by atoms with Gasteiger partial charge in [-0.15, -0.1) is 0 Å². The minimum Gasteiger partial charge on any atom is -0.451 e. The molecule has 0 saturated heterocycles. The molecule has 0 aliphatic rings. The third-order valence-corrected chi connectivity index (χ3v) is 2.25. The molecular formula is C12H14FN3O. The minimum absolute atomic E-state index is 0.148. The van der Waals surface area contributed by atoms with Crippen LogP contribution >= 0.6 is 0 Å². The van der Waals surface area contributed by atoms with E-state index in [9.17, 15) is 4.39 Å². The molecule has 0 unspecified atom stereocenters. The summed E-state index contributed by atoms with van der Waals surface area (Å²) >= 11 is 0. The molecular weight excluding hydrogens is 221 g/mol. The molecule has 0 bridgehead atoms. The molecule has 0 saturated carbocycles. The van der Waals surface area contributed by atoms with E-state index in [2.05, 4.69) is 12.0 Å². The number of nitrogen functional groups attached to an aromatic ring is 1. The van der Waals surface area contributed by atoms with Crippen LogP contribution in [0.4, 0.5) is 10.1 Å². The summed E-state index contributed by atoms with van der Waals surface area (Å²) < 4.78 is 20.6. The lowest BCUT2D eigenvalue weighted by Gasteiger charge is -2.04. The van der Waals surface area contributed by atoms with Crippen molar-refractivity contribution in [3.8, 4) is 11.5 Å². The Morgan fingerprint density at radius 2 is 2.29 bits per heavy atom. The van der Waals surface area contributed by atoms with E-state index >= 15 is 0 Å². The van der Waals surface area contributed by atoms with Gasteiger partial charge in [0.2, 0.25) is 0 Å². The van der Waals surface area contributed by atoms with Gasteiger partial charge in [-0.3, -0.25) is 4.68 Å². The van der Waals surface area contributed by atoms with Crippen molar-refractivity contribution in [1.82, 2.24) is 9.78 Å². The van der Waals surface area contributed by atoms with Crippen molar-refractivity contribution in [3.05, 3.63) is 36.4 Å². The second-order valence-electron chi connectivity index (χ2n) is 3.73. The molecule has 0 amide bonds. The van der Waals surface area contributed by atoms with Gasteiger partial charge in [-0.1, -0.05) is 6.92 Å². The Morgan fingerprint density at radius 1 is 1.47 bits per heavy atom. The van der Waals surface area contributed by atoms with Gasteiger partial charge in [0.15, 0.2) is 17.3 Å². The average molecular weight is 235 g/mol. The van der Waals surface area contributed by atoms with Gasteiger partial charge in [-0.25, -0.2) is 4.39 Å². The van der Waals surface area contributed by atoms with E-state index in [1.54, 1.807) is 23.1 Å². The number of hydrogen-bond donors (Lipinski definition) is 1. The monoisotopic (exact) mass is 235 g/mol. The number of hydrogen-bond acceptors (Lipinski definition) is 3. The maximum Gasteiger partial charge on any atom is 0.167 e. The first-order valence-corrected chi connectivity index (χ1v) is 5.44. The molecule has 0 aliphatic heterocycles. The molecule has 1 heterocycles. The molecule has 1 aromatic heterocycles. The van der Waals surface area contributed by atoms with E-state index in [0.717, 1.165) is 13.0 Å². The first kappa shape index (κ1) is 11.4. The Kier molecular flexibility index (Phi) is 3.27. The second kappa shape index (κ2) is 4.86. The van der Waals surface area contributed by atoms with Gasteiger partial charge < -0.3 is 10.5 Å². The minimum atomic E-state index is -0.478. The third kappa shape index (κ3) is 2.75. The Labute approximate surface area is 98.8 Å². The molecule has 2 N–H and O–H groups in total. The number of rotatable bonds is 4. The predicted octanol–water partition coefficient (Wildman–Crippen LogP) is 2.81. The molecule has 2 rings (SSSR count). The fourth-order valence-electron chi connectivity index (χ4n) is 1.48. The van der Waals surface area contributed by atoms with Crippen molar-refractivity contribution in [2.24, 2.45) is 0 Å². The Balaban J connectivity index is 2.13. The molecule has 0 aliphatic carbocycles. The molecule has 1 aromatic carbocycles. The predicted molar refractivity (Wildman–Crippen MR) is 63.4 cm³/mol. The summed E-state index contributed by atoms with van der Waals surface area (Å²) in [6.07, 6.45) is 4.28. The highest BCUT2D eigenvalue weighted by Gasteiger charge is 2.06. The van der Waals surface area contributed by atoms with Gasteiger partial charge in [0.05, 0.1) is 12.4 Å². The van der Waals surface area contributed by atoms with Crippen molar-refractivity contribution in [3.63, 3.8) is 0 Å². The van der Waals surface area contributed by atoms with Crippen molar-refractivity contribution in [2.45, 2.75) is 19.9 Å².